The van der Waals surface area contributed by atoms with Crippen LogP contribution in [0.15, 0.2) is 63.6 Å². The Balaban J connectivity index is 0.736. The number of halogens is 3. The first-order valence-electron chi connectivity index (χ1n) is 22.4. The lowest BCUT2D eigenvalue weighted by molar-refractivity contribution is -0.135. The number of benzene rings is 1. The molecule has 7 aliphatic rings. The van der Waals surface area contributed by atoms with Crippen LogP contribution in [-0.2, 0) is 30.9 Å². The minimum Gasteiger partial charge on any atom is -0.386 e. The minimum absolute atomic E-state index is 0.0847. The van der Waals surface area contributed by atoms with Gasteiger partial charge in [0.15, 0.2) is 0 Å². The summed E-state index contributed by atoms with van der Waals surface area (Å²) in [4.78, 5) is 62.0. The van der Waals surface area contributed by atoms with Crippen molar-refractivity contribution in [1.82, 2.24) is 40.2 Å². The highest BCUT2D eigenvalue weighted by molar-refractivity contribution is 6.15. The van der Waals surface area contributed by atoms with E-state index in [1.54, 1.807) is 25.4 Å². The Morgan fingerprint density at radius 2 is 1.89 bits per heavy atom. The molecule has 6 aliphatic heterocycles. The molecule has 348 valence electrons. The zero-order chi connectivity index (χ0) is 45.5. The molecule has 18 nitrogen and oxygen atoms in total. The molecule has 0 spiro atoms. The molecule has 3 amide bonds. The molecule has 1 aliphatic carbocycles. The maximum absolute atomic E-state index is 15.6. The highest BCUT2D eigenvalue weighted by atomic mass is 19.3. The Hall–Kier alpha value is -5.80. The number of amides is 3. The maximum Gasteiger partial charge on any atom is 0.329 e. The van der Waals surface area contributed by atoms with Gasteiger partial charge in [0.05, 0.1) is 59.0 Å². The Morgan fingerprint density at radius 3 is 2.58 bits per heavy atom. The molecule has 2 bridgehead atoms. The number of likely N-dealkylation sites (tertiary alicyclic amines) is 2. The van der Waals surface area contributed by atoms with Crippen molar-refractivity contribution in [2.45, 2.75) is 100 Å². The topological polar surface area (TPSA) is 214 Å². The number of hydrogen-bond donors (Lipinski definition) is 6. The molecule has 0 radical (unpaired) electrons. The van der Waals surface area contributed by atoms with Crippen molar-refractivity contribution in [3.63, 3.8) is 0 Å². The lowest BCUT2D eigenvalue weighted by atomic mass is 9.85. The van der Waals surface area contributed by atoms with E-state index in [-0.39, 0.29) is 66.7 Å². The van der Waals surface area contributed by atoms with E-state index in [1.807, 2.05) is 12.1 Å². The highest BCUT2D eigenvalue weighted by Gasteiger charge is 2.41. The normalized spacial score (nSPS) is 29.4. The molecule has 7 heterocycles. The van der Waals surface area contributed by atoms with Crippen LogP contribution in [0.25, 0.3) is 11.0 Å². The molecule has 1 aromatic heterocycles. The first-order valence-corrected chi connectivity index (χ1v) is 22.4. The van der Waals surface area contributed by atoms with Crippen LogP contribution in [0, 0.1) is 16.7 Å². The van der Waals surface area contributed by atoms with Crippen molar-refractivity contribution in [3.05, 3.63) is 64.3 Å². The van der Waals surface area contributed by atoms with Gasteiger partial charge in [-0.15, -0.1) is 0 Å². The number of nitrogens with one attached hydrogen (secondary N) is 6. The van der Waals surface area contributed by atoms with Crippen LogP contribution >= 0.6 is 0 Å². The molecule has 65 heavy (non-hydrogen) atoms. The molecule has 21 heteroatoms. The molecule has 1 aromatic carbocycles. The molecule has 9 rings (SSSR count). The smallest absolute Gasteiger partial charge is 0.329 e. The summed E-state index contributed by atoms with van der Waals surface area (Å²) in [5.74, 6) is -0.667. The fourth-order valence-electron chi connectivity index (χ4n) is 10.3. The third kappa shape index (κ3) is 9.09. The number of ether oxygens (including phenoxy) is 2. The first kappa shape index (κ1) is 44.4. The van der Waals surface area contributed by atoms with Crippen molar-refractivity contribution < 1.29 is 37.0 Å². The number of aliphatic imine (C=N–C) groups is 1. The van der Waals surface area contributed by atoms with Crippen molar-refractivity contribution >= 4 is 52.2 Å². The number of imide groups is 1. The van der Waals surface area contributed by atoms with E-state index in [1.165, 1.54) is 15.3 Å². The predicted octanol–water partition coefficient (Wildman–Crippen LogP) is 2.18. The van der Waals surface area contributed by atoms with Crippen LogP contribution in [0.1, 0.15) is 57.4 Å². The summed E-state index contributed by atoms with van der Waals surface area (Å²) in [6, 6.07) is 4.86. The van der Waals surface area contributed by atoms with Gasteiger partial charge in [-0.3, -0.25) is 39.1 Å². The number of imidazole rings is 1. The molecule has 6 fully saturated rings. The fraction of sp³-hybridized carbons (Fsp3) is 0.568. The van der Waals surface area contributed by atoms with Gasteiger partial charge in [-0.25, -0.2) is 23.0 Å². The van der Waals surface area contributed by atoms with Gasteiger partial charge in [-0.2, -0.15) is 0 Å². The molecule has 5 saturated heterocycles. The van der Waals surface area contributed by atoms with Gasteiger partial charge in [0.1, 0.15) is 29.6 Å². The lowest BCUT2D eigenvalue weighted by Crippen LogP contribution is -2.56. The van der Waals surface area contributed by atoms with E-state index < -0.39 is 48.0 Å². The number of carbonyl (C=O) groups is 3. The fourth-order valence-corrected chi connectivity index (χ4v) is 10.3. The third-order valence-electron chi connectivity index (χ3n) is 13.8. The van der Waals surface area contributed by atoms with Gasteiger partial charge < -0.3 is 40.6 Å². The number of allylic oxidation sites excluding steroid dienone is 1. The van der Waals surface area contributed by atoms with Gasteiger partial charge >= 0.3 is 5.69 Å². The molecular formula is C44H55F3N12O6. The number of anilines is 1. The van der Waals surface area contributed by atoms with Crippen molar-refractivity contribution in [2.24, 2.45) is 18.0 Å². The number of aryl methyl sites for hydroxylation is 1. The summed E-state index contributed by atoms with van der Waals surface area (Å²) < 4.78 is 58.3. The largest absolute Gasteiger partial charge is 0.386 e. The van der Waals surface area contributed by atoms with Crippen LogP contribution in [0.4, 0.5) is 18.9 Å². The number of hydrogen-bond acceptors (Lipinski definition) is 14. The van der Waals surface area contributed by atoms with E-state index in [0.717, 1.165) is 50.6 Å². The molecule has 1 unspecified atom stereocenters. The number of carbonyl (C=O) groups excluding carboxylic acids is 3. The standard InChI is InChI=1S/C44H55F3N12O6/c1-55-39-32(3-2-4-33(39)59(44(55)63)34-9-10-37(60)54-43(34)62)57-19-28(20-57)65-35-12-14-56(22-30(35)45)18-24-5-7-25(8-6-24)51-17-31(38(49)40(46)47)52-42(61)29(16-48)41-50-13-11-36(53-41)58-21-27-15-26(58)23-64-27/h2-4,11,13,16-17,24-28,30,34-35,40,48-51H,5-10,12,14-15,18-23H2,1H3,(H,52,61)(H,54,60,62)/b31-17-,41-29-,48-16?,49-38?/t24-,25-,26-,27-,30-,34?,35-/m1/s1. The molecule has 5 atom stereocenters. The first-order chi connectivity index (χ1) is 31.3. The maximum atomic E-state index is 15.6. The summed E-state index contributed by atoms with van der Waals surface area (Å²) in [5, 5.41) is 26.8. The summed E-state index contributed by atoms with van der Waals surface area (Å²) in [6.07, 6.45) is 5.47. The number of fused-ring (bicyclic) bond motifs is 3. The van der Waals surface area contributed by atoms with Crippen LogP contribution in [0.3, 0.4) is 0 Å². The number of nitrogens with zero attached hydrogens (tertiary/aromatic N) is 6. The summed E-state index contributed by atoms with van der Waals surface area (Å²) in [7, 11) is 1.67. The average Bonchev–Trinajstić information content (AvgIpc) is 3.99. The van der Waals surface area contributed by atoms with Crippen LogP contribution in [0.2, 0.25) is 0 Å². The van der Waals surface area contributed by atoms with Crippen molar-refractivity contribution in [1.29, 1.82) is 10.8 Å². The molecule has 1 saturated carbocycles. The lowest BCUT2D eigenvalue weighted by Gasteiger charge is -2.45. The Bertz CT molecular complexity index is 2420. The average molecular weight is 905 g/mol. The summed E-state index contributed by atoms with van der Waals surface area (Å²) >= 11 is 0. The molecular weight excluding hydrogens is 850 g/mol. The van der Waals surface area contributed by atoms with Gasteiger partial charge in [0.2, 0.25) is 11.8 Å². The molecule has 6 N–H and O–H groups in total. The quantitative estimate of drug-likeness (QED) is 0.0974. The second-order valence-corrected chi connectivity index (χ2v) is 18.1. The minimum atomic E-state index is -3.15. The number of para-hydroxylation sites is 1. The van der Waals surface area contributed by atoms with Gasteiger partial charge in [0, 0.05) is 77.4 Å². The second kappa shape index (κ2) is 18.6. The number of piperidine rings is 2. The second-order valence-electron chi connectivity index (χ2n) is 18.1. The summed E-state index contributed by atoms with van der Waals surface area (Å²) in [5.41, 5.74) is 0.143. The van der Waals surface area contributed by atoms with Crippen molar-refractivity contribution in [2.75, 3.05) is 50.8 Å². The van der Waals surface area contributed by atoms with Crippen LogP contribution in [-0.4, -0.2) is 143 Å². The SMILES string of the molecule is Cn1c(=O)n(C2CCC(=O)NC2=O)c2cccc(N3CC(O[C@@H]4CCN(C[C@H]5CC[C@H](N/C=C(\NC(=O)/C(C=N)=C6\N=C(N7C[C@H]8C[C@@H]7CO8)C=CN6)C(=N)C(F)F)CC5)C[C@H]4F)C3)c21. The van der Waals surface area contributed by atoms with Gasteiger partial charge in [-0.05, 0) is 69.1 Å². The highest BCUT2D eigenvalue weighted by Crippen LogP contribution is 2.34. The zero-order valence-electron chi connectivity index (χ0n) is 36.1. The number of morpholine rings is 1. The zero-order valence-corrected chi connectivity index (χ0v) is 36.1. The van der Waals surface area contributed by atoms with Crippen LogP contribution in [0.5, 0.6) is 0 Å². The molecule has 2 aromatic rings. The predicted molar refractivity (Wildman–Crippen MR) is 235 cm³/mol. The van der Waals surface area contributed by atoms with E-state index in [0.29, 0.717) is 62.0 Å². The van der Waals surface area contributed by atoms with Crippen molar-refractivity contribution in [3.8, 4) is 0 Å². The number of rotatable bonds is 13. The van der Waals surface area contributed by atoms with Gasteiger partial charge in [0.25, 0.3) is 12.3 Å². The Morgan fingerprint density at radius 1 is 1.09 bits per heavy atom. The third-order valence-corrected chi connectivity index (χ3v) is 13.8. The number of aromatic nitrogens is 2. The van der Waals surface area contributed by atoms with E-state index in [9.17, 15) is 28.0 Å². The van der Waals surface area contributed by atoms with E-state index >= 15 is 4.39 Å². The monoisotopic (exact) mass is 904 g/mol. The number of alkyl halides is 3. The Labute approximate surface area is 372 Å². The number of amidine groups is 1. The Kier molecular flexibility index (Phi) is 12.7. The van der Waals surface area contributed by atoms with Crippen LogP contribution < -0.4 is 31.9 Å². The summed E-state index contributed by atoms with van der Waals surface area (Å²) in [6.45, 7) is 3.98. The van der Waals surface area contributed by atoms with E-state index in [2.05, 4.69) is 41.0 Å². The van der Waals surface area contributed by atoms with Gasteiger partial charge in [-0.1, -0.05) is 6.07 Å². The van der Waals surface area contributed by atoms with E-state index in [4.69, 9.17) is 20.3 Å².